The molecule has 2 aromatic heterocycles. The quantitative estimate of drug-likeness (QED) is 0.729. The predicted octanol–water partition coefficient (Wildman–Crippen LogP) is 2.91. The first kappa shape index (κ1) is 16.0. The molecule has 0 aliphatic heterocycles. The van der Waals surface area contributed by atoms with Gasteiger partial charge in [0.05, 0.1) is 6.54 Å². The highest BCUT2D eigenvalue weighted by molar-refractivity contribution is 5.96. The minimum Gasteiger partial charge on any atom is -0.422 e. The van der Waals surface area contributed by atoms with Crippen LogP contribution in [0.5, 0.6) is 0 Å². The van der Waals surface area contributed by atoms with E-state index >= 15 is 0 Å². The molecule has 6 nitrogen and oxygen atoms in total. The van der Waals surface area contributed by atoms with E-state index in [1.165, 1.54) is 6.07 Å². The third kappa shape index (κ3) is 3.53. The second-order valence-electron chi connectivity index (χ2n) is 6.05. The molecule has 3 rings (SSSR count). The van der Waals surface area contributed by atoms with Crippen LogP contribution < -0.4 is 10.9 Å². The fourth-order valence-electron chi connectivity index (χ4n) is 2.42. The van der Waals surface area contributed by atoms with Gasteiger partial charge in [-0.3, -0.25) is 4.79 Å². The van der Waals surface area contributed by atoms with Crippen molar-refractivity contribution in [3.8, 4) is 0 Å². The van der Waals surface area contributed by atoms with E-state index in [1.54, 1.807) is 18.2 Å². The average molecular weight is 326 g/mol. The number of aromatic nitrogens is 1. The lowest BCUT2D eigenvalue weighted by molar-refractivity contribution is 0.0946. The van der Waals surface area contributed by atoms with Gasteiger partial charge in [-0.1, -0.05) is 37.2 Å². The summed E-state index contributed by atoms with van der Waals surface area (Å²) < 4.78 is 10.4. The van der Waals surface area contributed by atoms with Gasteiger partial charge >= 0.3 is 5.63 Å². The van der Waals surface area contributed by atoms with E-state index in [4.69, 9.17) is 8.94 Å². The molecule has 0 saturated carbocycles. The fourth-order valence-corrected chi connectivity index (χ4v) is 2.42. The smallest absolute Gasteiger partial charge is 0.349 e. The van der Waals surface area contributed by atoms with Gasteiger partial charge in [0.2, 0.25) is 0 Å². The van der Waals surface area contributed by atoms with Gasteiger partial charge in [0.1, 0.15) is 22.6 Å². The van der Waals surface area contributed by atoms with Crippen molar-refractivity contribution in [2.75, 3.05) is 0 Å². The van der Waals surface area contributed by atoms with Crippen molar-refractivity contribution in [3.63, 3.8) is 0 Å². The number of hydrogen-bond acceptors (Lipinski definition) is 5. The Kier molecular flexibility index (Phi) is 4.46. The molecule has 0 bridgehead atoms. The standard InChI is InChI=1S/C18H18N2O4/c1-11(2)7-14-9-13(20-24-14)10-19-17(21)15-8-12-5-3-4-6-16(12)23-18(15)22/h3-6,8-9,11H,7,10H2,1-2H3,(H,19,21). The molecule has 0 radical (unpaired) electrons. The zero-order chi connectivity index (χ0) is 17.1. The molecule has 1 N–H and O–H groups in total. The number of amides is 1. The van der Waals surface area contributed by atoms with Crippen LogP contribution in [0.1, 0.15) is 35.7 Å². The van der Waals surface area contributed by atoms with Crippen LogP contribution in [0.25, 0.3) is 11.0 Å². The van der Waals surface area contributed by atoms with Gasteiger partial charge in [-0.05, 0) is 18.1 Å². The molecule has 0 aliphatic rings. The maximum absolute atomic E-state index is 12.2. The van der Waals surface area contributed by atoms with Crippen LogP contribution in [-0.4, -0.2) is 11.1 Å². The molecular formula is C18H18N2O4. The second kappa shape index (κ2) is 6.70. The highest BCUT2D eigenvalue weighted by Gasteiger charge is 2.14. The number of fused-ring (bicyclic) bond motifs is 1. The van der Waals surface area contributed by atoms with Crippen LogP contribution >= 0.6 is 0 Å². The first-order chi connectivity index (χ1) is 11.5. The second-order valence-corrected chi connectivity index (χ2v) is 6.05. The number of hydrogen-bond donors (Lipinski definition) is 1. The summed E-state index contributed by atoms with van der Waals surface area (Å²) in [4.78, 5) is 24.2. The number of benzene rings is 1. The number of carbonyl (C=O) groups is 1. The highest BCUT2D eigenvalue weighted by atomic mass is 16.5. The van der Waals surface area contributed by atoms with E-state index in [0.717, 1.165) is 12.2 Å². The maximum atomic E-state index is 12.2. The average Bonchev–Trinajstić information content (AvgIpc) is 2.98. The van der Waals surface area contributed by atoms with Gasteiger partial charge in [-0.15, -0.1) is 0 Å². The molecule has 24 heavy (non-hydrogen) atoms. The van der Waals surface area contributed by atoms with Crippen molar-refractivity contribution in [2.45, 2.75) is 26.8 Å². The molecule has 0 spiro atoms. The van der Waals surface area contributed by atoms with Crippen molar-refractivity contribution in [1.82, 2.24) is 10.5 Å². The largest absolute Gasteiger partial charge is 0.422 e. The summed E-state index contributed by atoms with van der Waals surface area (Å²) in [5, 5.41) is 7.28. The summed E-state index contributed by atoms with van der Waals surface area (Å²) in [7, 11) is 0. The molecule has 6 heteroatoms. The topological polar surface area (TPSA) is 85.3 Å². The summed E-state index contributed by atoms with van der Waals surface area (Å²) in [6.07, 6.45) is 0.787. The Balaban J connectivity index is 1.72. The number of nitrogens with one attached hydrogen (secondary N) is 1. The molecule has 0 fully saturated rings. The number of nitrogens with zero attached hydrogens (tertiary/aromatic N) is 1. The predicted molar refractivity (Wildman–Crippen MR) is 88.7 cm³/mol. The van der Waals surface area contributed by atoms with Crippen molar-refractivity contribution >= 4 is 16.9 Å². The molecular weight excluding hydrogens is 308 g/mol. The molecule has 1 amide bonds. The Labute approximate surface area is 138 Å². The van der Waals surface area contributed by atoms with Gasteiger partial charge in [0.25, 0.3) is 5.91 Å². The number of para-hydroxylation sites is 1. The third-order valence-electron chi connectivity index (χ3n) is 3.53. The highest BCUT2D eigenvalue weighted by Crippen LogP contribution is 2.13. The lowest BCUT2D eigenvalue weighted by Crippen LogP contribution is -2.27. The normalized spacial score (nSPS) is 11.1. The van der Waals surface area contributed by atoms with E-state index in [1.807, 2.05) is 12.1 Å². The fraction of sp³-hybridized carbons (Fsp3) is 0.278. The summed E-state index contributed by atoms with van der Waals surface area (Å²) in [6, 6.07) is 10.4. The SMILES string of the molecule is CC(C)Cc1cc(CNC(=O)c2cc3ccccc3oc2=O)no1. The molecule has 0 saturated heterocycles. The van der Waals surface area contributed by atoms with Gasteiger partial charge in [-0.2, -0.15) is 0 Å². The molecule has 0 aliphatic carbocycles. The summed E-state index contributed by atoms with van der Waals surface area (Å²) in [5.41, 5.74) is 0.379. The zero-order valence-corrected chi connectivity index (χ0v) is 13.5. The Hall–Kier alpha value is -2.89. The van der Waals surface area contributed by atoms with Crippen molar-refractivity contribution in [3.05, 3.63) is 63.8 Å². The summed E-state index contributed by atoms with van der Waals surface area (Å²) >= 11 is 0. The summed E-state index contributed by atoms with van der Waals surface area (Å²) in [6.45, 7) is 4.36. The van der Waals surface area contributed by atoms with Gasteiger partial charge in [0.15, 0.2) is 0 Å². The van der Waals surface area contributed by atoms with Gasteiger partial charge in [0, 0.05) is 17.9 Å². The molecule has 0 atom stereocenters. The van der Waals surface area contributed by atoms with Crippen molar-refractivity contribution in [2.24, 2.45) is 5.92 Å². The first-order valence-corrected chi connectivity index (χ1v) is 7.78. The van der Waals surface area contributed by atoms with Crippen molar-refractivity contribution in [1.29, 1.82) is 0 Å². The Morgan fingerprint density at radius 3 is 2.83 bits per heavy atom. The Morgan fingerprint density at radius 1 is 1.25 bits per heavy atom. The van der Waals surface area contributed by atoms with E-state index in [0.29, 0.717) is 22.6 Å². The number of rotatable bonds is 5. The Morgan fingerprint density at radius 2 is 2.04 bits per heavy atom. The van der Waals surface area contributed by atoms with Crippen LogP contribution in [-0.2, 0) is 13.0 Å². The molecule has 3 aromatic rings. The third-order valence-corrected chi connectivity index (χ3v) is 3.53. The van der Waals surface area contributed by atoms with Crippen LogP contribution in [0.4, 0.5) is 0 Å². The van der Waals surface area contributed by atoms with E-state index in [-0.39, 0.29) is 12.1 Å². The molecule has 1 aromatic carbocycles. The van der Waals surface area contributed by atoms with Crippen LogP contribution in [0, 0.1) is 5.92 Å². The zero-order valence-electron chi connectivity index (χ0n) is 13.5. The van der Waals surface area contributed by atoms with E-state index in [9.17, 15) is 9.59 Å². The van der Waals surface area contributed by atoms with Crippen LogP contribution in [0.15, 0.2) is 50.1 Å². The van der Waals surface area contributed by atoms with Gasteiger partial charge in [-0.25, -0.2) is 4.79 Å². The molecule has 0 unspecified atom stereocenters. The number of carbonyl (C=O) groups excluding carboxylic acids is 1. The maximum Gasteiger partial charge on any atom is 0.349 e. The first-order valence-electron chi connectivity index (χ1n) is 7.78. The minimum absolute atomic E-state index is 0.0281. The van der Waals surface area contributed by atoms with Crippen LogP contribution in [0.3, 0.4) is 0 Å². The van der Waals surface area contributed by atoms with Crippen molar-refractivity contribution < 1.29 is 13.7 Å². The lowest BCUT2D eigenvalue weighted by atomic mass is 10.1. The van der Waals surface area contributed by atoms with E-state index < -0.39 is 11.5 Å². The Bertz CT molecular complexity index is 924. The monoisotopic (exact) mass is 326 g/mol. The minimum atomic E-state index is -0.660. The van der Waals surface area contributed by atoms with Gasteiger partial charge < -0.3 is 14.3 Å². The molecule has 2 heterocycles. The summed E-state index contributed by atoms with van der Waals surface area (Å²) in [5.74, 6) is 0.741. The lowest BCUT2D eigenvalue weighted by Gasteiger charge is -2.03. The van der Waals surface area contributed by atoms with Crippen LogP contribution in [0.2, 0.25) is 0 Å². The van der Waals surface area contributed by atoms with E-state index in [2.05, 4.69) is 24.3 Å². The molecule has 124 valence electrons.